The third-order valence-electron chi connectivity index (χ3n) is 13.5. The van der Waals surface area contributed by atoms with Gasteiger partial charge >= 0.3 is 0 Å². The van der Waals surface area contributed by atoms with Gasteiger partial charge < -0.3 is 4.90 Å². The Morgan fingerprint density at radius 3 is 1.83 bits per heavy atom. The minimum absolute atomic E-state index is 0.486. The van der Waals surface area contributed by atoms with Gasteiger partial charge in [0, 0.05) is 22.3 Å². The van der Waals surface area contributed by atoms with E-state index in [4.69, 9.17) is 0 Å². The predicted molar refractivity (Wildman–Crippen MR) is 253 cm³/mol. The van der Waals surface area contributed by atoms with E-state index in [-0.39, 0.29) is 0 Å². The molecule has 2 aliphatic rings. The quantitative estimate of drug-likeness (QED) is 0.161. The Hall–Kier alpha value is -7.00. The normalized spacial score (nSPS) is 15.8. The summed E-state index contributed by atoms with van der Waals surface area (Å²) in [6, 6.07) is 80.0. The van der Waals surface area contributed by atoms with Crippen LogP contribution < -0.4 is 15.3 Å². The lowest BCUT2D eigenvalue weighted by Gasteiger charge is -2.50. The van der Waals surface area contributed by atoms with Crippen molar-refractivity contribution in [3.8, 4) is 22.3 Å². The predicted octanol–water partition coefficient (Wildman–Crippen LogP) is 13.8. The fourth-order valence-corrected chi connectivity index (χ4v) is 14.1. The first-order chi connectivity index (χ1) is 29.0. The minimum Gasteiger partial charge on any atom is -0.309 e. The van der Waals surface area contributed by atoms with Crippen molar-refractivity contribution in [3.63, 3.8) is 0 Å². The third-order valence-corrected chi connectivity index (χ3v) is 17.0. The van der Waals surface area contributed by atoms with Crippen LogP contribution in [0.1, 0.15) is 22.3 Å². The standard InChI is InChI=1S/C57H41NSi/c1-59(2)53-29-13-12-27-50(53)57(49-26-11-10-24-47(49)48-25-14-21-41-22-15-28-52(57)55(41)48)51-35-33-44(37-54(51)59)58(43-32-30-38-16-6-7-20-42(38)36-43)56-45-23-9-8-19-40(45)31-34-46(56)39-17-4-3-5-18-39/h3-37H,1-2H3. The van der Waals surface area contributed by atoms with E-state index in [1.54, 1.807) is 0 Å². The van der Waals surface area contributed by atoms with E-state index in [1.807, 2.05) is 0 Å². The van der Waals surface area contributed by atoms with Crippen molar-refractivity contribution >= 4 is 67.8 Å². The number of fused-ring (bicyclic) bond motifs is 10. The molecule has 0 N–H and O–H groups in total. The van der Waals surface area contributed by atoms with Gasteiger partial charge in [-0.25, -0.2) is 0 Å². The molecule has 0 amide bonds. The first-order valence-electron chi connectivity index (χ1n) is 20.8. The highest BCUT2D eigenvalue weighted by atomic mass is 28.3. The summed E-state index contributed by atoms with van der Waals surface area (Å²) in [7, 11) is -2.32. The molecule has 0 fully saturated rings. The Morgan fingerprint density at radius 1 is 0.373 bits per heavy atom. The minimum atomic E-state index is -2.32. The van der Waals surface area contributed by atoms with Crippen molar-refractivity contribution in [2.75, 3.05) is 4.90 Å². The zero-order valence-electron chi connectivity index (χ0n) is 33.2. The van der Waals surface area contributed by atoms with E-state index in [2.05, 4.69) is 230 Å². The summed E-state index contributed by atoms with van der Waals surface area (Å²) < 4.78 is 0. The van der Waals surface area contributed by atoms with Gasteiger partial charge in [0.15, 0.2) is 0 Å². The second-order valence-corrected chi connectivity index (χ2v) is 21.1. The van der Waals surface area contributed by atoms with Crippen molar-refractivity contribution in [2.45, 2.75) is 18.5 Å². The summed E-state index contributed by atoms with van der Waals surface area (Å²) in [5, 5.41) is 10.5. The topological polar surface area (TPSA) is 3.24 Å². The van der Waals surface area contributed by atoms with Crippen LogP contribution in [-0.4, -0.2) is 8.07 Å². The Bertz CT molecular complexity index is 3320. The largest absolute Gasteiger partial charge is 0.309 e. The molecule has 1 aliphatic carbocycles. The second kappa shape index (κ2) is 12.7. The van der Waals surface area contributed by atoms with Crippen LogP contribution in [0.5, 0.6) is 0 Å². The molecule has 59 heavy (non-hydrogen) atoms. The monoisotopic (exact) mass is 767 g/mol. The number of rotatable bonds is 4. The van der Waals surface area contributed by atoms with Crippen molar-refractivity contribution in [2.24, 2.45) is 0 Å². The molecule has 1 atom stereocenters. The SMILES string of the molecule is C[Si]1(C)c2ccccc2C2(c3ccccc3-c3cccc4cccc2c34)c2ccc(N(c3ccc4ccccc4c3)c3c(-c4ccccc4)ccc4ccccc34)cc21. The molecule has 1 aliphatic heterocycles. The van der Waals surface area contributed by atoms with E-state index < -0.39 is 13.5 Å². The van der Waals surface area contributed by atoms with Crippen LogP contribution >= 0.6 is 0 Å². The maximum atomic E-state index is 2.59. The lowest BCUT2D eigenvalue weighted by atomic mass is 9.59. The van der Waals surface area contributed by atoms with Crippen LogP contribution in [0.25, 0.3) is 54.6 Å². The molecule has 10 aromatic rings. The van der Waals surface area contributed by atoms with Gasteiger partial charge in [0.1, 0.15) is 8.07 Å². The molecule has 1 unspecified atom stereocenters. The van der Waals surface area contributed by atoms with Gasteiger partial charge in [-0.2, -0.15) is 0 Å². The van der Waals surface area contributed by atoms with Crippen molar-refractivity contribution in [1.82, 2.24) is 0 Å². The van der Waals surface area contributed by atoms with Crippen molar-refractivity contribution < 1.29 is 0 Å². The van der Waals surface area contributed by atoms with Crippen LogP contribution in [0.4, 0.5) is 17.1 Å². The van der Waals surface area contributed by atoms with Gasteiger partial charge in [-0.1, -0.05) is 201 Å². The lowest BCUT2D eigenvalue weighted by molar-refractivity contribution is 0.754. The van der Waals surface area contributed by atoms with Crippen molar-refractivity contribution in [3.05, 3.63) is 235 Å². The average Bonchev–Trinajstić information content (AvgIpc) is 3.29. The van der Waals surface area contributed by atoms with Crippen molar-refractivity contribution in [1.29, 1.82) is 0 Å². The molecular weight excluding hydrogens is 727 g/mol. The Kier molecular flexibility index (Phi) is 7.36. The van der Waals surface area contributed by atoms with Gasteiger partial charge in [0.25, 0.3) is 0 Å². The molecule has 0 radical (unpaired) electrons. The van der Waals surface area contributed by atoms with E-state index in [9.17, 15) is 0 Å². The molecule has 0 aromatic heterocycles. The fourth-order valence-electron chi connectivity index (χ4n) is 10.9. The van der Waals surface area contributed by atoms with Gasteiger partial charge in [-0.15, -0.1) is 0 Å². The molecule has 12 rings (SSSR count). The van der Waals surface area contributed by atoms with E-state index in [0.29, 0.717) is 0 Å². The highest BCUT2D eigenvalue weighted by Crippen LogP contribution is 2.57. The number of hydrogen-bond acceptors (Lipinski definition) is 1. The zero-order chi connectivity index (χ0) is 39.3. The highest BCUT2D eigenvalue weighted by Gasteiger charge is 2.52. The number of anilines is 3. The Balaban J connectivity index is 1.21. The number of hydrogen-bond donors (Lipinski definition) is 0. The third kappa shape index (κ3) is 4.78. The average molecular weight is 768 g/mol. The molecule has 0 bridgehead atoms. The smallest absolute Gasteiger partial charge is 0.113 e. The van der Waals surface area contributed by atoms with Crippen LogP contribution in [-0.2, 0) is 5.41 Å². The van der Waals surface area contributed by atoms with E-state index >= 15 is 0 Å². The molecule has 10 aromatic carbocycles. The van der Waals surface area contributed by atoms with Crippen LogP contribution in [0.2, 0.25) is 13.1 Å². The summed E-state index contributed by atoms with van der Waals surface area (Å²) in [5.74, 6) is 0. The summed E-state index contributed by atoms with van der Waals surface area (Å²) >= 11 is 0. The first-order valence-corrected chi connectivity index (χ1v) is 23.8. The molecule has 1 nitrogen and oxygen atoms in total. The Labute approximate surface area is 346 Å². The summed E-state index contributed by atoms with van der Waals surface area (Å²) in [5.41, 5.74) is 13.7. The van der Waals surface area contributed by atoms with Gasteiger partial charge in [0.2, 0.25) is 0 Å². The highest BCUT2D eigenvalue weighted by molar-refractivity contribution is 7.01. The summed E-state index contributed by atoms with van der Waals surface area (Å²) in [6.45, 7) is 5.14. The molecule has 0 saturated heterocycles. The summed E-state index contributed by atoms with van der Waals surface area (Å²) in [6.07, 6.45) is 0. The fraction of sp³-hybridized carbons (Fsp3) is 0.0526. The first kappa shape index (κ1) is 34.1. The van der Waals surface area contributed by atoms with E-state index in [1.165, 1.54) is 98.6 Å². The van der Waals surface area contributed by atoms with Gasteiger partial charge in [-0.05, 0) is 101 Å². The van der Waals surface area contributed by atoms with Gasteiger partial charge in [0.05, 0.1) is 11.1 Å². The summed E-state index contributed by atoms with van der Waals surface area (Å²) in [4.78, 5) is 2.56. The number of nitrogens with zero attached hydrogens (tertiary/aromatic N) is 1. The second-order valence-electron chi connectivity index (χ2n) is 16.8. The van der Waals surface area contributed by atoms with Crippen LogP contribution in [0.15, 0.2) is 212 Å². The van der Waals surface area contributed by atoms with Crippen LogP contribution in [0, 0.1) is 0 Å². The molecular formula is C57H41NSi. The molecule has 1 spiro atoms. The van der Waals surface area contributed by atoms with E-state index in [0.717, 1.165) is 5.69 Å². The molecule has 2 heteroatoms. The zero-order valence-corrected chi connectivity index (χ0v) is 34.2. The van der Waals surface area contributed by atoms with Gasteiger partial charge in [-0.3, -0.25) is 0 Å². The molecule has 278 valence electrons. The Morgan fingerprint density at radius 2 is 0.966 bits per heavy atom. The van der Waals surface area contributed by atoms with Crippen LogP contribution in [0.3, 0.4) is 0 Å². The maximum Gasteiger partial charge on any atom is 0.113 e. The molecule has 0 saturated carbocycles. The lowest BCUT2D eigenvalue weighted by Crippen LogP contribution is -2.63. The maximum absolute atomic E-state index is 2.59. The number of benzene rings is 10. The molecule has 1 heterocycles.